The van der Waals surface area contributed by atoms with Crippen molar-refractivity contribution < 1.29 is 144 Å². The van der Waals surface area contributed by atoms with E-state index in [1.165, 1.54) is 34.9 Å². The number of ether oxygens (including phenoxy) is 18. The Bertz CT molecular complexity index is 3170. The van der Waals surface area contributed by atoms with E-state index in [1.807, 2.05) is 27.7 Å². The second kappa shape index (κ2) is 34.6. The first-order valence-corrected chi connectivity index (χ1v) is 44.2. The van der Waals surface area contributed by atoms with Crippen molar-refractivity contribution in [2.75, 3.05) is 88.9 Å². The van der Waals surface area contributed by atoms with E-state index in [1.54, 1.807) is 79.1 Å². The third kappa shape index (κ3) is 22.5. The van der Waals surface area contributed by atoms with Crippen molar-refractivity contribution in [3.05, 3.63) is 71.4 Å². The summed E-state index contributed by atoms with van der Waals surface area (Å²) < 4.78 is 101. The van der Waals surface area contributed by atoms with Crippen LogP contribution < -0.4 is 0 Å². The molecule has 0 amide bonds. The monoisotopic (exact) mass is 1550 g/mol. The molecule has 14 heterocycles. The maximum Gasteiger partial charge on any atom is 0.139 e. The molecule has 14 rings (SSSR count). The molecule has 101 heavy (non-hydrogen) atoms. The minimum absolute atomic E-state index is 0.00617. The number of fused-ring (bicyclic) bond motifs is 14. The van der Waals surface area contributed by atoms with Gasteiger partial charge in [0.15, 0.2) is 0 Å². The highest BCUT2D eigenvalue weighted by atomic mass is 31.2. The van der Waals surface area contributed by atoms with Crippen LogP contribution >= 0.6 is 44.0 Å². The zero-order chi connectivity index (χ0) is 75.4. The van der Waals surface area contributed by atoms with Crippen molar-refractivity contribution >= 4 is 97.5 Å². The van der Waals surface area contributed by atoms with Crippen LogP contribution in [0.25, 0.3) is 0 Å². The standard InChI is InChI=1S/3C11H19O5P.2C10H16BO5P.C10H17O5P/c1-8-9-10(14-2)11(16-8,4-6-15-9)5-7-17(3,12)13;1-8-10-9(14-2)6-11(16-8,7-15-10)4-5-17(3,12)13;1-8-6-16-11(4-5-17(3,12)13)7-15-9(8)10(11)14-2;1-14-9-7-5-8(11)16-10(9,6-15-7)3-4-17(2,12)13;1-14-8-5-7-9(11)16-10(8,6-15-7)3-4-17(2,12)13;1-7-8-9(13-2)10(15-7,6-14-8)4-5-16(3,11)12/h5,7-10,12-13H,3-4,6H2,1-2H3;2*4-5,8-10,12-13H,3,6-7H2,1-2H3;2*3-4,7-9,12-13H,2,5-6H2,1H3;4-5,7-9,11-12H,3,6H2,1-2H3/b7-5+;2*5-4+;2*4-3+;5-4+/t8-,9+,10?,11+;8?,9-,10+,11-;;;7-,8+,9?,10+;7-,8+,9?,10-/m01..10/s1. The van der Waals surface area contributed by atoms with Crippen molar-refractivity contribution in [2.24, 2.45) is 5.92 Å². The number of rotatable bonds is 18. The molecular formula is C63H106B2O30P6. The highest BCUT2D eigenvalue weighted by molar-refractivity contribution is 7.67. The van der Waals surface area contributed by atoms with Crippen molar-refractivity contribution in [1.29, 1.82) is 0 Å². The van der Waals surface area contributed by atoms with E-state index >= 15 is 0 Å². The van der Waals surface area contributed by atoms with Gasteiger partial charge in [0.2, 0.25) is 0 Å². The fourth-order valence-corrected chi connectivity index (χ4v) is 17.3. The van der Waals surface area contributed by atoms with Crippen LogP contribution in [0.4, 0.5) is 0 Å². The lowest BCUT2D eigenvalue weighted by Gasteiger charge is -2.52. The highest BCUT2D eigenvalue weighted by Crippen LogP contribution is 2.51. The van der Waals surface area contributed by atoms with E-state index in [2.05, 4.69) is 37.8 Å². The minimum Gasteiger partial charge on any atom is -0.379 e. The van der Waals surface area contributed by atoms with Crippen molar-refractivity contribution in [1.82, 2.24) is 0 Å². The molecule has 0 saturated carbocycles. The molecule has 38 heteroatoms. The van der Waals surface area contributed by atoms with Gasteiger partial charge in [0, 0.05) is 79.8 Å². The summed E-state index contributed by atoms with van der Waals surface area (Å²) in [5.74, 6) is 8.03. The van der Waals surface area contributed by atoms with Gasteiger partial charge in [-0.1, -0.05) is 6.92 Å². The van der Waals surface area contributed by atoms with Gasteiger partial charge in [-0.3, -0.25) is 0 Å². The Labute approximate surface area is 595 Å². The Hall–Kier alpha value is -0.830. The van der Waals surface area contributed by atoms with Gasteiger partial charge in [0.05, 0.1) is 95.1 Å². The molecule has 0 aromatic heterocycles. The Morgan fingerprint density at radius 1 is 0.396 bits per heavy atom. The van der Waals surface area contributed by atoms with Crippen LogP contribution in [0.3, 0.4) is 0 Å². The Morgan fingerprint density at radius 2 is 0.802 bits per heavy atom. The van der Waals surface area contributed by atoms with Gasteiger partial charge in [-0.05, 0) is 136 Å². The minimum atomic E-state index is -3.24. The van der Waals surface area contributed by atoms with Crippen molar-refractivity contribution in [3.8, 4) is 0 Å². The van der Waals surface area contributed by atoms with E-state index in [0.717, 1.165) is 0 Å². The summed E-state index contributed by atoms with van der Waals surface area (Å²) in [5, 5.41) is 0. The number of hydrogen-bond donors (Lipinski definition) is 12. The summed E-state index contributed by atoms with van der Waals surface area (Å²) in [4.78, 5) is 112. The molecule has 574 valence electrons. The largest absolute Gasteiger partial charge is 0.379 e. The fraction of sp³-hybridized carbons (Fsp3) is 0.714. The second-order valence-corrected chi connectivity index (χ2v) is 38.6. The predicted molar refractivity (Wildman–Crippen MR) is 392 cm³/mol. The molecule has 4 radical (unpaired) electrons. The topological polar surface area (TPSA) is 409 Å². The highest BCUT2D eigenvalue weighted by Gasteiger charge is 2.61. The van der Waals surface area contributed by atoms with E-state index in [4.69, 9.17) is 101 Å². The smallest absolute Gasteiger partial charge is 0.139 e. The lowest BCUT2D eigenvalue weighted by molar-refractivity contribution is -0.284. The molecule has 24 atom stereocenters. The van der Waals surface area contributed by atoms with Crippen LogP contribution in [-0.2, 0) is 85.3 Å². The first-order chi connectivity index (χ1) is 46.7. The lowest BCUT2D eigenvalue weighted by atomic mass is 9.78. The van der Waals surface area contributed by atoms with Crippen molar-refractivity contribution in [2.45, 2.75) is 191 Å². The van der Waals surface area contributed by atoms with E-state index < -0.39 is 89.7 Å². The Morgan fingerprint density at radius 3 is 1.31 bits per heavy atom. The van der Waals surface area contributed by atoms with Crippen LogP contribution in [0.1, 0.15) is 53.4 Å². The van der Waals surface area contributed by atoms with Crippen LogP contribution in [0.5, 0.6) is 0 Å². The van der Waals surface area contributed by atoms with E-state index in [0.29, 0.717) is 71.9 Å². The molecule has 12 N–H and O–H groups in total. The quantitative estimate of drug-likeness (QED) is 0.0690. The van der Waals surface area contributed by atoms with E-state index in [-0.39, 0.29) is 97.5 Å². The molecule has 0 spiro atoms. The third-order valence-electron chi connectivity index (χ3n) is 19.0. The first-order valence-electron chi connectivity index (χ1n) is 32.5. The lowest BCUT2D eigenvalue weighted by Crippen LogP contribution is -2.64. The van der Waals surface area contributed by atoms with Crippen molar-refractivity contribution in [3.63, 3.8) is 0 Å². The van der Waals surface area contributed by atoms with Gasteiger partial charge < -0.3 is 144 Å². The molecular weight excluding hydrogens is 1440 g/mol. The number of hydrogen-bond acceptors (Lipinski definition) is 30. The molecule has 12 bridgehead atoms. The van der Waals surface area contributed by atoms with Crippen LogP contribution in [0.15, 0.2) is 71.4 Å². The molecule has 0 aromatic carbocycles. The summed E-state index contributed by atoms with van der Waals surface area (Å²) in [6, 6.07) is -0.955. The van der Waals surface area contributed by atoms with Gasteiger partial charge in [-0.25, -0.2) is 0 Å². The molecule has 14 fully saturated rings. The summed E-state index contributed by atoms with van der Waals surface area (Å²) >= 11 is 0. The number of methoxy groups -OCH3 is 6. The average Bonchev–Trinajstić information content (AvgIpc) is 1.74. The zero-order valence-electron chi connectivity index (χ0n) is 58.9. The predicted octanol–water partition coefficient (Wildman–Crippen LogP) is 2.03. The maximum atomic E-state index is 9.34. The van der Waals surface area contributed by atoms with Gasteiger partial charge in [-0.2, -0.15) is 0 Å². The van der Waals surface area contributed by atoms with Gasteiger partial charge in [0.1, 0.15) is 136 Å². The van der Waals surface area contributed by atoms with Gasteiger partial charge in [0.25, 0.3) is 0 Å². The normalized spacial score (nSPS) is 42.4. The summed E-state index contributed by atoms with van der Waals surface area (Å²) in [6.45, 7) is 10.7. The first kappa shape index (κ1) is 87.4. The zero-order valence-corrected chi connectivity index (χ0v) is 64.3. The van der Waals surface area contributed by atoms with Crippen LogP contribution in [0.2, 0.25) is 0 Å². The summed E-state index contributed by atoms with van der Waals surface area (Å²) in [5.41, 5.74) is -4.34. The summed E-state index contributed by atoms with van der Waals surface area (Å²) in [6.07, 6.45) is 30.0. The molecule has 30 nitrogen and oxygen atoms in total. The molecule has 14 saturated heterocycles. The Kier molecular flexibility index (Phi) is 30.0. The molecule has 14 aliphatic heterocycles. The Balaban J connectivity index is 0.000000170. The average molecular weight is 1550 g/mol. The summed E-state index contributed by atoms with van der Waals surface area (Å²) in [7, 11) is 1.97. The SMILES string of the molecule is C=P(O)(O)/C=C/C12COC(C(C)CO1)C2OC.C=P(O)(O)/C=C/[C@@]12CO[C@@H](C(C)O1)[C@H](OC)C2.C=P(O)(O)/C=C/[C@]12CCO[C@@H](C1OC)[C@H](C)O2.C=P(O)(O)/C=C/[C@]12CO[C@@H](C1OC)[C@H](C)O2.[B]C1CC2OCC(/C=C/P(=C)(O)O)(O1)C2OC.[B]C1O[C@@]2(/C=C/P(=C)(O)O)CO[C@@H]1C[C@@H]2OC. The molecule has 0 aliphatic carbocycles. The second-order valence-electron chi connectivity index (χ2n) is 27.4. The molecule has 0 aromatic rings. The van der Waals surface area contributed by atoms with Gasteiger partial charge >= 0.3 is 0 Å². The molecule has 12 unspecified atom stereocenters. The fourth-order valence-electron chi connectivity index (χ4n) is 14.3. The van der Waals surface area contributed by atoms with E-state index in [9.17, 15) is 58.7 Å². The third-order valence-corrected chi connectivity index (χ3v) is 22.7. The van der Waals surface area contributed by atoms with Crippen LogP contribution in [0, 0.1) is 5.92 Å². The van der Waals surface area contributed by atoms with Gasteiger partial charge in [-0.15, -0.1) is 0 Å². The molecule has 14 aliphatic rings. The maximum absolute atomic E-state index is 9.34. The van der Waals surface area contributed by atoms with Crippen LogP contribution in [-0.4, -0.2) is 338 Å².